The molecule has 0 saturated heterocycles. The lowest BCUT2D eigenvalue weighted by Crippen LogP contribution is -2.24. The van der Waals surface area contributed by atoms with Crippen LogP contribution in [-0.4, -0.2) is 5.11 Å². The smallest absolute Gasteiger partial charge is 0.165 e. The number of benzene rings is 1. The Labute approximate surface area is 112 Å². The van der Waals surface area contributed by atoms with Gasteiger partial charge in [0.15, 0.2) is 11.6 Å². The molecule has 18 heavy (non-hydrogen) atoms. The minimum absolute atomic E-state index is 0. The number of halogens is 3. The summed E-state index contributed by atoms with van der Waals surface area (Å²) in [5, 5.41) is 9.58. The van der Waals surface area contributed by atoms with Crippen LogP contribution >= 0.6 is 12.4 Å². The molecule has 0 aromatic heterocycles. The predicted molar refractivity (Wildman–Crippen MR) is 68.8 cm³/mol. The van der Waals surface area contributed by atoms with E-state index in [4.69, 9.17) is 5.73 Å². The lowest BCUT2D eigenvalue weighted by Gasteiger charge is -2.28. The molecule has 1 aromatic carbocycles. The molecule has 0 bridgehead atoms. The number of hydrogen-bond donors (Lipinski definition) is 2. The molecular formula is C13H18ClF2NO. The van der Waals surface area contributed by atoms with E-state index in [-0.39, 0.29) is 23.9 Å². The molecule has 0 unspecified atom stereocenters. The van der Waals surface area contributed by atoms with Gasteiger partial charge in [0.05, 0.1) is 0 Å². The molecule has 1 aliphatic carbocycles. The van der Waals surface area contributed by atoms with Gasteiger partial charge in [-0.25, -0.2) is 8.78 Å². The monoisotopic (exact) mass is 277 g/mol. The van der Waals surface area contributed by atoms with Gasteiger partial charge < -0.3 is 10.8 Å². The number of phenolic OH excluding ortho intramolecular Hbond substituents is 1. The first-order valence-electron chi connectivity index (χ1n) is 6.03. The highest BCUT2D eigenvalue weighted by Gasteiger charge is 2.27. The number of hydrogen-bond acceptors (Lipinski definition) is 2. The normalized spacial score (nSPS) is 18.2. The van der Waals surface area contributed by atoms with E-state index in [1.54, 1.807) is 0 Å². The van der Waals surface area contributed by atoms with Crippen LogP contribution in [0.1, 0.15) is 43.7 Å². The lowest BCUT2D eigenvalue weighted by molar-refractivity contribution is 0.295. The van der Waals surface area contributed by atoms with E-state index in [1.165, 1.54) is 6.42 Å². The van der Waals surface area contributed by atoms with Crippen LogP contribution in [0.5, 0.6) is 5.75 Å². The second kappa shape index (κ2) is 6.34. The summed E-state index contributed by atoms with van der Waals surface area (Å²) in [6.45, 7) is 0. The van der Waals surface area contributed by atoms with Gasteiger partial charge in [0.25, 0.3) is 0 Å². The molecule has 2 rings (SSSR count). The Hall–Kier alpha value is -0.870. The quantitative estimate of drug-likeness (QED) is 0.866. The zero-order valence-electron chi connectivity index (χ0n) is 10.0. The maximum Gasteiger partial charge on any atom is 0.165 e. The summed E-state index contributed by atoms with van der Waals surface area (Å²) in [7, 11) is 0. The second-order valence-corrected chi connectivity index (χ2v) is 4.72. The van der Waals surface area contributed by atoms with Crippen molar-refractivity contribution in [1.29, 1.82) is 0 Å². The molecule has 2 nitrogen and oxygen atoms in total. The van der Waals surface area contributed by atoms with Gasteiger partial charge >= 0.3 is 0 Å². The summed E-state index contributed by atoms with van der Waals surface area (Å²) >= 11 is 0. The van der Waals surface area contributed by atoms with Gasteiger partial charge in [-0.2, -0.15) is 0 Å². The average molecular weight is 278 g/mol. The highest BCUT2D eigenvalue weighted by atomic mass is 35.5. The van der Waals surface area contributed by atoms with Gasteiger partial charge in [-0.05, 0) is 30.9 Å². The van der Waals surface area contributed by atoms with E-state index in [1.807, 2.05) is 0 Å². The number of rotatable bonds is 2. The molecule has 102 valence electrons. The van der Waals surface area contributed by atoms with E-state index < -0.39 is 23.4 Å². The number of aromatic hydroxyl groups is 1. The summed E-state index contributed by atoms with van der Waals surface area (Å²) in [6.07, 6.45) is 5.13. The van der Waals surface area contributed by atoms with Crippen molar-refractivity contribution >= 4 is 12.4 Å². The van der Waals surface area contributed by atoms with Crippen LogP contribution in [0.4, 0.5) is 8.78 Å². The minimum Gasteiger partial charge on any atom is -0.505 e. The standard InChI is InChI=1S/C13H17F2NO.ClH/c14-9-6-7-10(15)13(17)11(9)12(16)8-4-2-1-3-5-8;/h6-8,12,17H,1-5,16H2;1H/t12-;/m1./s1. The fourth-order valence-corrected chi connectivity index (χ4v) is 2.60. The van der Waals surface area contributed by atoms with E-state index in [0.29, 0.717) is 0 Å². The second-order valence-electron chi connectivity index (χ2n) is 4.72. The van der Waals surface area contributed by atoms with Crippen molar-refractivity contribution in [3.05, 3.63) is 29.3 Å². The van der Waals surface area contributed by atoms with Crippen molar-refractivity contribution in [2.45, 2.75) is 38.1 Å². The number of nitrogens with two attached hydrogens (primary N) is 1. The first-order valence-corrected chi connectivity index (χ1v) is 6.03. The summed E-state index contributed by atoms with van der Waals surface area (Å²) in [4.78, 5) is 0. The molecule has 1 aliphatic rings. The first-order chi connectivity index (χ1) is 8.11. The van der Waals surface area contributed by atoms with Crippen LogP contribution in [0.25, 0.3) is 0 Å². The van der Waals surface area contributed by atoms with Crippen molar-refractivity contribution in [2.75, 3.05) is 0 Å². The Morgan fingerprint density at radius 2 is 1.67 bits per heavy atom. The zero-order chi connectivity index (χ0) is 12.4. The van der Waals surface area contributed by atoms with Crippen molar-refractivity contribution in [2.24, 2.45) is 11.7 Å². The van der Waals surface area contributed by atoms with E-state index in [2.05, 4.69) is 0 Å². The van der Waals surface area contributed by atoms with Gasteiger partial charge in [0, 0.05) is 11.6 Å². The third-order valence-corrected chi connectivity index (χ3v) is 3.61. The Morgan fingerprint density at radius 3 is 2.28 bits per heavy atom. The maximum absolute atomic E-state index is 13.6. The largest absolute Gasteiger partial charge is 0.505 e. The Bertz CT molecular complexity index is 408. The topological polar surface area (TPSA) is 46.2 Å². The van der Waals surface area contributed by atoms with Crippen LogP contribution in [0.3, 0.4) is 0 Å². The Morgan fingerprint density at radius 1 is 1.11 bits per heavy atom. The van der Waals surface area contributed by atoms with Crippen molar-refractivity contribution < 1.29 is 13.9 Å². The van der Waals surface area contributed by atoms with Gasteiger partial charge in [-0.1, -0.05) is 19.3 Å². The van der Waals surface area contributed by atoms with Crippen LogP contribution < -0.4 is 5.73 Å². The van der Waals surface area contributed by atoms with Crippen LogP contribution in [0.2, 0.25) is 0 Å². The molecule has 1 saturated carbocycles. The molecule has 5 heteroatoms. The molecule has 1 fully saturated rings. The average Bonchev–Trinajstić information content (AvgIpc) is 2.35. The first kappa shape index (κ1) is 15.2. The molecule has 0 amide bonds. The van der Waals surface area contributed by atoms with Gasteiger partial charge in [-0.3, -0.25) is 0 Å². The maximum atomic E-state index is 13.6. The fraction of sp³-hybridized carbons (Fsp3) is 0.538. The molecule has 1 atom stereocenters. The molecular weight excluding hydrogens is 260 g/mol. The SMILES string of the molecule is Cl.N[C@@H](c1c(F)ccc(F)c1O)C1CCCCC1. The Kier molecular flexibility index (Phi) is 5.35. The number of phenols is 1. The highest BCUT2D eigenvalue weighted by Crippen LogP contribution is 2.38. The van der Waals surface area contributed by atoms with Crippen LogP contribution in [-0.2, 0) is 0 Å². The molecule has 0 spiro atoms. The zero-order valence-corrected chi connectivity index (χ0v) is 10.9. The minimum atomic E-state index is -0.812. The summed E-state index contributed by atoms with van der Waals surface area (Å²) in [5.41, 5.74) is 5.90. The summed E-state index contributed by atoms with van der Waals surface area (Å²) in [5.74, 6) is -1.94. The lowest BCUT2D eigenvalue weighted by atomic mass is 9.81. The van der Waals surface area contributed by atoms with Crippen molar-refractivity contribution in [1.82, 2.24) is 0 Å². The molecule has 0 aliphatic heterocycles. The van der Waals surface area contributed by atoms with Crippen LogP contribution in [0.15, 0.2) is 12.1 Å². The summed E-state index contributed by atoms with van der Waals surface area (Å²) in [6, 6.07) is 1.32. The Balaban J connectivity index is 0.00000162. The molecule has 3 N–H and O–H groups in total. The predicted octanol–water partition coefficient (Wildman–Crippen LogP) is 3.67. The van der Waals surface area contributed by atoms with Crippen molar-refractivity contribution in [3.8, 4) is 5.75 Å². The fourth-order valence-electron chi connectivity index (χ4n) is 2.60. The third kappa shape index (κ3) is 2.93. The van der Waals surface area contributed by atoms with E-state index in [9.17, 15) is 13.9 Å². The third-order valence-electron chi connectivity index (χ3n) is 3.61. The molecule has 0 heterocycles. The summed E-state index contributed by atoms with van der Waals surface area (Å²) < 4.78 is 26.8. The van der Waals surface area contributed by atoms with E-state index >= 15 is 0 Å². The van der Waals surface area contributed by atoms with Gasteiger partial charge in [0.1, 0.15) is 5.82 Å². The molecule has 0 radical (unpaired) electrons. The van der Waals surface area contributed by atoms with Gasteiger partial charge in [0.2, 0.25) is 0 Å². The van der Waals surface area contributed by atoms with Crippen LogP contribution in [0, 0.1) is 17.6 Å². The van der Waals surface area contributed by atoms with E-state index in [0.717, 1.165) is 37.8 Å². The van der Waals surface area contributed by atoms with Gasteiger partial charge in [-0.15, -0.1) is 12.4 Å². The highest BCUT2D eigenvalue weighted by molar-refractivity contribution is 5.85. The molecule has 1 aromatic rings. The van der Waals surface area contributed by atoms with Crippen molar-refractivity contribution in [3.63, 3.8) is 0 Å².